The van der Waals surface area contributed by atoms with E-state index in [4.69, 9.17) is 9.57 Å². The maximum atomic E-state index is 12.0. The average Bonchev–Trinajstić information content (AvgIpc) is 3.02. The minimum absolute atomic E-state index is 0.277. The molecule has 132 valence electrons. The molecule has 1 fully saturated rings. The Labute approximate surface area is 143 Å². The van der Waals surface area contributed by atoms with E-state index in [0.29, 0.717) is 17.9 Å². The monoisotopic (exact) mass is 345 g/mol. The molecule has 0 aliphatic carbocycles. The molecule has 0 bridgehead atoms. The van der Waals surface area contributed by atoms with E-state index in [1.54, 1.807) is 6.92 Å². The molecule has 8 heteroatoms. The first-order valence-electron chi connectivity index (χ1n) is 7.89. The van der Waals surface area contributed by atoms with Gasteiger partial charge < -0.3 is 14.7 Å². The second-order valence-electron chi connectivity index (χ2n) is 5.79. The first-order valence-corrected chi connectivity index (χ1v) is 7.89. The Hall–Kier alpha value is -2.71. The van der Waals surface area contributed by atoms with Crippen LogP contribution in [-0.2, 0) is 16.2 Å². The highest BCUT2D eigenvalue weighted by atomic mass is 16.6. The number of aliphatic hydroxyl groups excluding tert-OH is 1. The predicted molar refractivity (Wildman–Crippen MR) is 90.3 cm³/mol. The van der Waals surface area contributed by atoms with Crippen molar-refractivity contribution in [2.24, 2.45) is 5.16 Å². The standard InChI is InChI=1S/C17H19N3O5/c1-11-8-20(17(23)18-16(11)22)15-7-13(14(9-21)25-15)19-24-10-12-5-3-2-4-6-12/h2-6,8,14-15,21H,7,9-10H2,1H3,(H,18,22,23)/b19-13-/t14-,15-/m1/s1. The Morgan fingerprint density at radius 3 is 2.84 bits per heavy atom. The van der Waals surface area contributed by atoms with Gasteiger partial charge in [-0.1, -0.05) is 35.5 Å². The fourth-order valence-electron chi connectivity index (χ4n) is 2.60. The molecule has 0 saturated carbocycles. The second-order valence-corrected chi connectivity index (χ2v) is 5.79. The molecule has 0 unspecified atom stereocenters. The minimum atomic E-state index is -0.653. The number of rotatable bonds is 5. The zero-order valence-electron chi connectivity index (χ0n) is 13.7. The Morgan fingerprint density at radius 2 is 2.12 bits per heavy atom. The normalized spacial score (nSPS) is 21.6. The number of aromatic amines is 1. The molecule has 0 radical (unpaired) electrons. The van der Waals surface area contributed by atoms with Crippen LogP contribution < -0.4 is 11.2 Å². The van der Waals surface area contributed by atoms with Gasteiger partial charge in [-0.3, -0.25) is 14.3 Å². The predicted octanol–water partition coefficient (Wildman–Crippen LogP) is 0.698. The number of oxime groups is 1. The van der Waals surface area contributed by atoms with Gasteiger partial charge in [-0.2, -0.15) is 0 Å². The lowest BCUT2D eigenvalue weighted by molar-refractivity contribution is -0.0156. The van der Waals surface area contributed by atoms with Gasteiger partial charge in [0.05, 0.1) is 12.3 Å². The molecule has 2 atom stereocenters. The van der Waals surface area contributed by atoms with Crippen LogP contribution in [0.3, 0.4) is 0 Å². The number of aryl methyl sites for hydroxylation is 1. The summed E-state index contributed by atoms with van der Waals surface area (Å²) in [7, 11) is 0. The molecule has 8 nitrogen and oxygen atoms in total. The smallest absolute Gasteiger partial charge is 0.330 e. The van der Waals surface area contributed by atoms with E-state index < -0.39 is 23.6 Å². The third-order valence-corrected chi connectivity index (χ3v) is 3.95. The Bertz CT molecular complexity index is 872. The van der Waals surface area contributed by atoms with Gasteiger partial charge in [-0.05, 0) is 12.5 Å². The van der Waals surface area contributed by atoms with Gasteiger partial charge in [-0.15, -0.1) is 0 Å². The Balaban J connectivity index is 1.74. The zero-order chi connectivity index (χ0) is 17.8. The van der Waals surface area contributed by atoms with Crippen molar-refractivity contribution in [3.63, 3.8) is 0 Å². The number of aromatic nitrogens is 2. The van der Waals surface area contributed by atoms with Crippen molar-refractivity contribution in [3.05, 3.63) is 68.5 Å². The number of hydrogen-bond donors (Lipinski definition) is 2. The maximum Gasteiger partial charge on any atom is 0.330 e. The van der Waals surface area contributed by atoms with Crippen molar-refractivity contribution in [1.29, 1.82) is 0 Å². The second kappa shape index (κ2) is 7.45. The zero-order valence-corrected chi connectivity index (χ0v) is 13.7. The van der Waals surface area contributed by atoms with Crippen LogP contribution in [0, 0.1) is 6.92 Å². The molecule has 2 N–H and O–H groups in total. The summed E-state index contributed by atoms with van der Waals surface area (Å²) in [5, 5.41) is 13.5. The molecule has 1 aromatic carbocycles. The van der Waals surface area contributed by atoms with E-state index in [1.807, 2.05) is 30.3 Å². The molecular weight excluding hydrogens is 326 g/mol. The summed E-state index contributed by atoms with van der Waals surface area (Å²) in [6.45, 7) is 1.62. The molecule has 25 heavy (non-hydrogen) atoms. The third kappa shape index (κ3) is 3.86. The van der Waals surface area contributed by atoms with Crippen molar-refractivity contribution in [2.75, 3.05) is 6.61 Å². The number of H-pyrrole nitrogens is 1. The molecule has 3 rings (SSSR count). The highest BCUT2D eigenvalue weighted by Crippen LogP contribution is 2.25. The number of ether oxygens (including phenoxy) is 1. The first-order chi connectivity index (χ1) is 12.1. The van der Waals surface area contributed by atoms with Crippen LogP contribution in [0.25, 0.3) is 0 Å². The molecule has 1 aliphatic rings. The quantitative estimate of drug-likeness (QED) is 0.776. The number of aliphatic hydroxyl groups is 1. The van der Waals surface area contributed by atoms with Gasteiger partial charge in [0.25, 0.3) is 5.56 Å². The summed E-state index contributed by atoms with van der Waals surface area (Å²) in [5.74, 6) is 0. The van der Waals surface area contributed by atoms with Gasteiger partial charge in [0.1, 0.15) is 18.9 Å². The van der Waals surface area contributed by atoms with Crippen molar-refractivity contribution < 1.29 is 14.7 Å². The summed E-state index contributed by atoms with van der Waals surface area (Å²) in [5.41, 5.74) is 0.880. The lowest BCUT2D eigenvalue weighted by Gasteiger charge is -2.14. The van der Waals surface area contributed by atoms with E-state index in [9.17, 15) is 14.7 Å². The van der Waals surface area contributed by atoms with Crippen LogP contribution in [0.2, 0.25) is 0 Å². The molecule has 2 heterocycles. The van der Waals surface area contributed by atoms with E-state index in [-0.39, 0.29) is 13.0 Å². The van der Waals surface area contributed by atoms with Gasteiger partial charge in [0, 0.05) is 18.2 Å². The Kier molecular flexibility index (Phi) is 5.11. The van der Waals surface area contributed by atoms with Crippen LogP contribution in [-0.4, -0.2) is 33.1 Å². The average molecular weight is 345 g/mol. The number of nitrogens with zero attached hydrogens (tertiary/aromatic N) is 2. The number of benzene rings is 1. The molecule has 1 aromatic heterocycles. The van der Waals surface area contributed by atoms with Gasteiger partial charge in [0.15, 0.2) is 0 Å². The van der Waals surface area contributed by atoms with Crippen LogP contribution in [0.1, 0.15) is 23.8 Å². The molecular formula is C17H19N3O5. The minimum Gasteiger partial charge on any atom is -0.393 e. The van der Waals surface area contributed by atoms with Crippen LogP contribution in [0.4, 0.5) is 0 Å². The number of hydrogen-bond acceptors (Lipinski definition) is 6. The molecule has 1 saturated heterocycles. The largest absolute Gasteiger partial charge is 0.393 e. The highest BCUT2D eigenvalue weighted by Gasteiger charge is 2.33. The summed E-state index contributed by atoms with van der Waals surface area (Å²) in [6.07, 6.45) is 0.415. The van der Waals surface area contributed by atoms with Crippen LogP contribution in [0.15, 0.2) is 51.3 Å². The summed E-state index contributed by atoms with van der Waals surface area (Å²) >= 11 is 0. The van der Waals surface area contributed by atoms with E-state index in [1.165, 1.54) is 10.8 Å². The van der Waals surface area contributed by atoms with E-state index >= 15 is 0 Å². The molecule has 0 amide bonds. The van der Waals surface area contributed by atoms with Gasteiger partial charge in [0.2, 0.25) is 0 Å². The van der Waals surface area contributed by atoms with Gasteiger partial charge in [-0.25, -0.2) is 4.79 Å². The number of nitrogens with one attached hydrogen (secondary N) is 1. The Morgan fingerprint density at radius 1 is 1.36 bits per heavy atom. The lowest BCUT2D eigenvalue weighted by atomic mass is 10.2. The third-order valence-electron chi connectivity index (χ3n) is 3.95. The molecule has 1 aliphatic heterocycles. The molecule has 0 spiro atoms. The van der Waals surface area contributed by atoms with Gasteiger partial charge >= 0.3 is 5.69 Å². The first kappa shape index (κ1) is 17.1. The van der Waals surface area contributed by atoms with Crippen molar-refractivity contribution in [1.82, 2.24) is 9.55 Å². The maximum absolute atomic E-state index is 12.0. The van der Waals surface area contributed by atoms with Crippen LogP contribution >= 0.6 is 0 Å². The fraction of sp³-hybridized carbons (Fsp3) is 0.353. The van der Waals surface area contributed by atoms with Crippen molar-refractivity contribution in [3.8, 4) is 0 Å². The SMILES string of the molecule is Cc1cn([C@H]2C/C(=N/OCc3ccccc3)[C@@H](CO)O2)c(=O)[nH]c1=O. The van der Waals surface area contributed by atoms with E-state index in [2.05, 4.69) is 10.1 Å². The van der Waals surface area contributed by atoms with Crippen LogP contribution in [0.5, 0.6) is 0 Å². The van der Waals surface area contributed by atoms with Crippen molar-refractivity contribution >= 4 is 5.71 Å². The van der Waals surface area contributed by atoms with E-state index in [0.717, 1.165) is 5.56 Å². The highest BCUT2D eigenvalue weighted by molar-refractivity contribution is 5.90. The fourth-order valence-corrected chi connectivity index (χ4v) is 2.60. The topological polar surface area (TPSA) is 106 Å². The summed E-state index contributed by atoms with van der Waals surface area (Å²) < 4.78 is 6.96. The molecule has 2 aromatic rings. The van der Waals surface area contributed by atoms with Crippen molar-refractivity contribution in [2.45, 2.75) is 32.3 Å². The lowest BCUT2D eigenvalue weighted by Crippen LogP contribution is -2.33. The summed E-state index contributed by atoms with van der Waals surface area (Å²) in [6, 6.07) is 9.56. The summed E-state index contributed by atoms with van der Waals surface area (Å²) in [4.78, 5) is 31.0.